The number of guanidine groups is 1. The largest absolute Gasteiger partial charge is 0.494 e. The molecule has 142 valence electrons. The molecule has 0 unspecified atom stereocenters. The van der Waals surface area contributed by atoms with E-state index in [1.807, 2.05) is 42.6 Å². The second-order valence-electron chi connectivity index (χ2n) is 6.14. The fourth-order valence-electron chi connectivity index (χ4n) is 2.76. The third kappa shape index (κ3) is 4.75. The van der Waals surface area contributed by atoms with Crippen LogP contribution in [0.5, 0.6) is 5.75 Å². The first-order valence-corrected chi connectivity index (χ1v) is 9.24. The van der Waals surface area contributed by atoms with Gasteiger partial charge in [0.05, 0.1) is 19.7 Å². The molecule has 0 aliphatic carbocycles. The van der Waals surface area contributed by atoms with E-state index < -0.39 is 0 Å². The van der Waals surface area contributed by atoms with Crippen molar-refractivity contribution in [2.24, 2.45) is 4.99 Å². The molecule has 0 saturated heterocycles. The number of aliphatic imine (C=N–C) groups is 1. The second kappa shape index (κ2) is 9.02. The molecule has 3 aromatic rings. The Morgan fingerprint density at radius 1 is 1.15 bits per heavy atom. The van der Waals surface area contributed by atoms with Crippen LogP contribution < -0.4 is 15.4 Å². The molecule has 0 aliphatic heterocycles. The number of benzene rings is 1. The summed E-state index contributed by atoms with van der Waals surface area (Å²) in [6.07, 6.45) is 1.96. The van der Waals surface area contributed by atoms with Crippen molar-refractivity contribution >= 4 is 11.6 Å². The molecular formula is C20H26N6O. The number of aryl methyl sites for hydroxylation is 1. The van der Waals surface area contributed by atoms with E-state index in [2.05, 4.69) is 46.0 Å². The Bertz CT molecular complexity index is 918. The zero-order valence-electron chi connectivity index (χ0n) is 16.1. The minimum atomic E-state index is 0.531. The van der Waals surface area contributed by atoms with Crippen LogP contribution in [0.2, 0.25) is 0 Å². The first-order chi connectivity index (χ1) is 13.2. The van der Waals surface area contributed by atoms with E-state index in [4.69, 9.17) is 9.73 Å². The van der Waals surface area contributed by atoms with Crippen molar-refractivity contribution in [2.75, 3.05) is 13.2 Å². The quantitative estimate of drug-likeness (QED) is 0.497. The Balaban J connectivity index is 1.71. The zero-order chi connectivity index (χ0) is 19.1. The molecule has 0 fully saturated rings. The molecule has 0 atom stereocenters. The van der Waals surface area contributed by atoms with Gasteiger partial charge in [0.1, 0.15) is 5.75 Å². The fraction of sp³-hybridized carbons (Fsp3) is 0.350. The van der Waals surface area contributed by atoms with Gasteiger partial charge in [-0.1, -0.05) is 18.2 Å². The number of nitrogens with zero attached hydrogens (tertiary/aromatic N) is 4. The van der Waals surface area contributed by atoms with Crippen molar-refractivity contribution in [1.29, 1.82) is 0 Å². The van der Waals surface area contributed by atoms with Crippen molar-refractivity contribution in [3.05, 3.63) is 59.5 Å². The lowest BCUT2D eigenvalue weighted by molar-refractivity contribution is 0.336. The van der Waals surface area contributed by atoms with Crippen LogP contribution in [0.1, 0.15) is 30.8 Å². The Labute approximate surface area is 159 Å². The zero-order valence-corrected chi connectivity index (χ0v) is 16.1. The maximum absolute atomic E-state index is 5.75. The van der Waals surface area contributed by atoms with E-state index in [-0.39, 0.29) is 0 Å². The van der Waals surface area contributed by atoms with Crippen molar-refractivity contribution in [3.8, 4) is 5.75 Å². The minimum absolute atomic E-state index is 0.531. The Morgan fingerprint density at radius 3 is 2.85 bits per heavy atom. The molecule has 27 heavy (non-hydrogen) atoms. The average molecular weight is 366 g/mol. The lowest BCUT2D eigenvalue weighted by Gasteiger charge is -2.12. The third-order valence-electron chi connectivity index (χ3n) is 4.07. The van der Waals surface area contributed by atoms with E-state index in [1.165, 1.54) is 5.56 Å². The van der Waals surface area contributed by atoms with Gasteiger partial charge < -0.3 is 15.4 Å². The van der Waals surface area contributed by atoms with Gasteiger partial charge in [-0.2, -0.15) is 0 Å². The van der Waals surface area contributed by atoms with Crippen molar-refractivity contribution in [1.82, 2.24) is 25.2 Å². The van der Waals surface area contributed by atoms with E-state index in [0.717, 1.165) is 35.3 Å². The number of nitrogens with one attached hydrogen (secondary N) is 2. The topological polar surface area (TPSA) is 75.8 Å². The summed E-state index contributed by atoms with van der Waals surface area (Å²) < 4.78 is 7.71. The summed E-state index contributed by atoms with van der Waals surface area (Å²) in [7, 11) is 0. The van der Waals surface area contributed by atoms with E-state index in [9.17, 15) is 0 Å². The number of pyridine rings is 1. The second-order valence-corrected chi connectivity index (χ2v) is 6.14. The van der Waals surface area contributed by atoms with E-state index in [1.54, 1.807) is 0 Å². The van der Waals surface area contributed by atoms with Gasteiger partial charge in [0.25, 0.3) is 0 Å². The summed E-state index contributed by atoms with van der Waals surface area (Å²) in [5, 5.41) is 15.0. The number of rotatable bonds is 7. The molecule has 0 bridgehead atoms. The highest BCUT2D eigenvalue weighted by Gasteiger charge is 2.07. The van der Waals surface area contributed by atoms with Crippen molar-refractivity contribution in [3.63, 3.8) is 0 Å². The molecule has 2 N–H and O–H groups in total. The monoisotopic (exact) mass is 366 g/mol. The molecule has 0 saturated carbocycles. The van der Waals surface area contributed by atoms with Crippen molar-refractivity contribution in [2.45, 2.75) is 33.9 Å². The summed E-state index contributed by atoms with van der Waals surface area (Å²) in [6, 6.07) is 12.0. The first kappa shape index (κ1) is 18.7. The van der Waals surface area contributed by atoms with Gasteiger partial charge in [0.2, 0.25) is 0 Å². The normalized spacial score (nSPS) is 11.6. The minimum Gasteiger partial charge on any atom is -0.494 e. The highest BCUT2D eigenvalue weighted by molar-refractivity contribution is 5.79. The van der Waals surface area contributed by atoms with E-state index in [0.29, 0.717) is 19.7 Å². The van der Waals surface area contributed by atoms with Crippen LogP contribution in [-0.4, -0.2) is 33.7 Å². The first-order valence-electron chi connectivity index (χ1n) is 9.24. The lowest BCUT2D eigenvalue weighted by atomic mass is 10.1. The van der Waals surface area contributed by atoms with Crippen LogP contribution in [0.3, 0.4) is 0 Å². The summed E-state index contributed by atoms with van der Waals surface area (Å²) >= 11 is 0. The smallest absolute Gasteiger partial charge is 0.191 e. The van der Waals surface area contributed by atoms with Gasteiger partial charge in [-0.3, -0.25) is 4.40 Å². The number of ether oxygens (including phenoxy) is 1. The molecule has 7 nitrogen and oxygen atoms in total. The summed E-state index contributed by atoms with van der Waals surface area (Å²) in [6.45, 7) is 8.57. The van der Waals surface area contributed by atoms with Gasteiger partial charge in [-0.15, -0.1) is 10.2 Å². The fourth-order valence-corrected chi connectivity index (χ4v) is 2.76. The molecule has 1 aromatic carbocycles. The lowest BCUT2D eigenvalue weighted by Crippen LogP contribution is -2.37. The Morgan fingerprint density at radius 2 is 2.04 bits per heavy atom. The Kier molecular flexibility index (Phi) is 6.25. The third-order valence-corrected chi connectivity index (χ3v) is 4.07. The number of hydrogen-bond acceptors (Lipinski definition) is 4. The molecule has 0 aliphatic rings. The van der Waals surface area contributed by atoms with Gasteiger partial charge in [-0.25, -0.2) is 4.99 Å². The van der Waals surface area contributed by atoms with Crippen LogP contribution in [-0.2, 0) is 13.1 Å². The molecule has 2 aromatic heterocycles. The van der Waals surface area contributed by atoms with Gasteiger partial charge in [0.15, 0.2) is 17.4 Å². The molecule has 0 amide bonds. The summed E-state index contributed by atoms with van der Waals surface area (Å²) in [5.41, 5.74) is 3.07. The van der Waals surface area contributed by atoms with Crippen LogP contribution in [0, 0.1) is 6.92 Å². The standard InChI is InChI=1S/C20H26N6O/c1-4-21-20(22-13-16-10-9-15(3)12-17(16)27-5-2)23-14-19-25-24-18-8-6-7-11-26(18)19/h6-12H,4-5,13-14H2,1-3H3,(H2,21,22,23). The summed E-state index contributed by atoms with van der Waals surface area (Å²) in [5.74, 6) is 2.45. The van der Waals surface area contributed by atoms with E-state index >= 15 is 0 Å². The number of hydrogen-bond donors (Lipinski definition) is 2. The maximum Gasteiger partial charge on any atom is 0.191 e. The maximum atomic E-state index is 5.75. The Hall–Kier alpha value is -3.09. The molecule has 0 spiro atoms. The average Bonchev–Trinajstić information content (AvgIpc) is 3.09. The molecule has 7 heteroatoms. The van der Waals surface area contributed by atoms with Gasteiger partial charge >= 0.3 is 0 Å². The van der Waals surface area contributed by atoms with Gasteiger partial charge in [0, 0.05) is 18.3 Å². The number of aromatic nitrogens is 3. The highest BCUT2D eigenvalue weighted by atomic mass is 16.5. The van der Waals surface area contributed by atoms with Crippen molar-refractivity contribution < 1.29 is 4.74 Å². The summed E-state index contributed by atoms with van der Waals surface area (Å²) in [4.78, 5) is 4.69. The molecule has 2 heterocycles. The number of fused-ring (bicyclic) bond motifs is 1. The van der Waals surface area contributed by atoms with Gasteiger partial charge in [-0.05, 0) is 44.5 Å². The molecule has 3 rings (SSSR count). The van der Waals surface area contributed by atoms with Crippen LogP contribution in [0.15, 0.2) is 47.6 Å². The van der Waals surface area contributed by atoms with Crippen LogP contribution in [0.25, 0.3) is 5.65 Å². The predicted molar refractivity (Wildman–Crippen MR) is 107 cm³/mol. The molecule has 0 radical (unpaired) electrons. The highest BCUT2D eigenvalue weighted by Crippen LogP contribution is 2.21. The van der Waals surface area contributed by atoms with Crippen LogP contribution in [0.4, 0.5) is 0 Å². The van der Waals surface area contributed by atoms with Crippen LogP contribution >= 0.6 is 0 Å². The SMILES string of the molecule is CCNC(=NCc1ccc(C)cc1OCC)NCc1nnc2ccccn12. The predicted octanol–water partition coefficient (Wildman–Crippen LogP) is 2.69. The molecular weight excluding hydrogens is 340 g/mol.